The first-order chi connectivity index (χ1) is 8.87. The van der Waals surface area contributed by atoms with Gasteiger partial charge in [0, 0.05) is 14.7 Å². The van der Waals surface area contributed by atoms with Crippen molar-refractivity contribution in [3.05, 3.63) is 21.8 Å². The van der Waals surface area contributed by atoms with Crippen LogP contribution in [0.5, 0.6) is 0 Å². The molecule has 2 aromatic heterocycles. The summed E-state index contributed by atoms with van der Waals surface area (Å²) >= 11 is 2.08. The van der Waals surface area contributed by atoms with E-state index in [4.69, 9.17) is 4.74 Å². The van der Waals surface area contributed by atoms with Gasteiger partial charge in [0.05, 0.1) is 11.6 Å². The zero-order chi connectivity index (χ0) is 14.0. The number of hydrogen-bond acceptors (Lipinski definition) is 3. The average Bonchev–Trinajstić information content (AvgIpc) is 2.60. The van der Waals surface area contributed by atoms with E-state index in [0.29, 0.717) is 12.4 Å². The molecule has 0 fully saturated rings. The summed E-state index contributed by atoms with van der Waals surface area (Å²) in [4.78, 5) is 4.08. The molecular formula is C12H17FIN3OSi. The maximum atomic E-state index is 13.1. The van der Waals surface area contributed by atoms with Crippen molar-refractivity contribution in [1.82, 2.24) is 14.8 Å². The summed E-state index contributed by atoms with van der Waals surface area (Å²) in [7, 11) is -1.07. The zero-order valence-electron chi connectivity index (χ0n) is 11.3. The summed E-state index contributed by atoms with van der Waals surface area (Å²) in [5.41, 5.74) is 0.666. The van der Waals surface area contributed by atoms with E-state index >= 15 is 0 Å². The fraction of sp³-hybridized carbons (Fsp3) is 0.500. The molecule has 2 heterocycles. The van der Waals surface area contributed by atoms with Gasteiger partial charge in [0.15, 0.2) is 5.65 Å². The molecule has 0 saturated carbocycles. The van der Waals surface area contributed by atoms with Crippen LogP contribution in [0.2, 0.25) is 25.7 Å². The second-order valence-corrected chi connectivity index (χ2v) is 12.3. The predicted octanol–water partition coefficient (Wildman–Crippen LogP) is 3.49. The summed E-state index contributed by atoms with van der Waals surface area (Å²) in [5.74, 6) is -0.343. The minimum Gasteiger partial charge on any atom is -0.359 e. The van der Waals surface area contributed by atoms with Gasteiger partial charge in [-0.05, 0) is 34.7 Å². The Labute approximate surface area is 126 Å². The Kier molecular flexibility index (Phi) is 4.57. The van der Waals surface area contributed by atoms with Crippen molar-refractivity contribution in [3.63, 3.8) is 0 Å². The normalized spacial score (nSPS) is 12.3. The van der Waals surface area contributed by atoms with Crippen LogP contribution < -0.4 is 0 Å². The third kappa shape index (κ3) is 3.96. The molecule has 2 rings (SSSR count). The van der Waals surface area contributed by atoms with Crippen LogP contribution in [0.1, 0.15) is 0 Å². The number of ether oxygens (including phenoxy) is 1. The highest BCUT2D eigenvalue weighted by atomic mass is 127. The average molecular weight is 393 g/mol. The van der Waals surface area contributed by atoms with Crippen LogP contribution in [0.4, 0.5) is 4.39 Å². The molecule has 19 heavy (non-hydrogen) atoms. The molecule has 0 bridgehead atoms. The molecule has 104 valence electrons. The lowest BCUT2D eigenvalue weighted by molar-refractivity contribution is 0.0810. The van der Waals surface area contributed by atoms with Crippen molar-refractivity contribution >= 4 is 41.7 Å². The fourth-order valence-corrected chi connectivity index (χ4v) is 3.03. The van der Waals surface area contributed by atoms with Gasteiger partial charge in [-0.15, -0.1) is 0 Å². The zero-order valence-corrected chi connectivity index (χ0v) is 14.4. The minimum absolute atomic E-state index is 0.343. The van der Waals surface area contributed by atoms with Crippen LogP contribution in [0.15, 0.2) is 12.3 Å². The van der Waals surface area contributed by atoms with Gasteiger partial charge in [-0.2, -0.15) is 5.10 Å². The molecule has 0 spiro atoms. The van der Waals surface area contributed by atoms with Gasteiger partial charge in [0.25, 0.3) is 0 Å². The van der Waals surface area contributed by atoms with Crippen molar-refractivity contribution in [3.8, 4) is 0 Å². The van der Waals surface area contributed by atoms with Crippen LogP contribution in [0.3, 0.4) is 0 Å². The first-order valence-electron chi connectivity index (χ1n) is 6.12. The number of nitrogens with zero attached hydrogens (tertiary/aromatic N) is 3. The van der Waals surface area contributed by atoms with E-state index in [2.05, 4.69) is 52.3 Å². The molecule has 0 unspecified atom stereocenters. The first kappa shape index (κ1) is 14.9. The summed E-state index contributed by atoms with van der Waals surface area (Å²) < 4.78 is 21.2. The second-order valence-electron chi connectivity index (χ2n) is 5.66. The Bertz CT molecular complexity index is 582. The molecular weight excluding hydrogens is 376 g/mol. The van der Waals surface area contributed by atoms with E-state index in [9.17, 15) is 4.39 Å². The van der Waals surface area contributed by atoms with Crippen LogP contribution in [-0.2, 0) is 11.5 Å². The summed E-state index contributed by atoms with van der Waals surface area (Å²) in [5, 5.41) is 5.06. The molecule has 0 aliphatic heterocycles. The van der Waals surface area contributed by atoms with Gasteiger partial charge in [-0.3, -0.25) is 0 Å². The summed E-state index contributed by atoms with van der Waals surface area (Å²) in [6.45, 7) is 8.03. The molecule has 0 aromatic carbocycles. The van der Waals surface area contributed by atoms with E-state index in [-0.39, 0.29) is 5.82 Å². The third-order valence-electron chi connectivity index (χ3n) is 2.72. The Morgan fingerprint density at radius 1 is 1.42 bits per heavy atom. The molecule has 0 atom stereocenters. The number of fused-ring (bicyclic) bond motifs is 1. The maximum Gasteiger partial charge on any atom is 0.161 e. The van der Waals surface area contributed by atoms with E-state index in [1.807, 2.05) is 0 Å². The highest BCUT2D eigenvalue weighted by Gasteiger charge is 2.13. The molecule has 7 heteroatoms. The van der Waals surface area contributed by atoms with Crippen LogP contribution in [0, 0.1) is 9.52 Å². The van der Waals surface area contributed by atoms with Gasteiger partial charge < -0.3 is 4.74 Å². The van der Waals surface area contributed by atoms with Gasteiger partial charge in [0.2, 0.25) is 0 Å². The van der Waals surface area contributed by atoms with E-state index in [0.717, 1.165) is 21.7 Å². The predicted molar refractivity (Wildman–Crippen MR) is 84.3 cm³/mol. The summed E-state index contributed by atoms with van der Waals surface area (Å²) in [6, 6.07) is 2.57. The smallest absolute Gasteiger partial charge is 0.161 e. The molecule has 4 nitrogen and oxygen atoms in total. The number of pyridine rings is 1. The molecule has 0 N–H and O–H groups in total. The van der Waals surface area contributed by atoms with Crippen molar-refractivity contribution < 1.29 is 9.13 Å². The van der Waals surface area contributed by atoms with Crippen molar-refractivity contribution in [2.45, 2.75) is 32.4 Å². The molecule has 0 radical (unpaired) electrons. The van der Waals surface area contributed by atoms with Crippen LogP contribution in [-0.4, -0.2) is 29.4 Å². The largest absolute Gasteiger partial charge is 0.359 e. The SMILES string of the molecule is C[Si](C)(C)CCOCn1nc(I)c2cc(F)cnc21. The van der Waals surface area contributed by atoms with Gasteiger partial charge in [-0.25, -0.2) is 14.1 Å². The van der Waals surface area contributed by atoms with E-state index in [1.165, 1.54) is 12.3 Å². The molecule has 0 amide bonds. The monoisotopic (exact) mass is 393 g/mol. The summed E-state index contributed by atoms with van der Waals surface area (Å²) in [6.07, 6.45) is 1.21. The maximum absolute atomic E-state index is 13.1. The van der Waals surface area contributed by atoms with Gasteiger partial charge >= 0.3 is 0 Å². The second kappa shape index (κ2) is 5.84. The molecule has 0 aliphatic carbocycles. The Morgan fingerprint density at radius 3 is 2.84 bits per heavy atom. The van der Waals surface area contributed by atoms with Crippen molar-refractivity contribution in [1.29, 1.82) is 0 Å². The highest BCUT2D eigenvalue weighted by Crippen LogP contribution is 2.19. The van der Waals surface area contributed by atoms with E-state index < -0.39 is 8.07 Å². The Hall–Kier alpha value is -0.543. The standard InChI is InChI=1S/C12H17FIN3OSi/c1-19(2,3)5-4-18-8-17-12-10(11(14)16-17)6-9(13)7-15-12/h6-7H,4-5,8H2,1-3H3. The Morgan fingerprint density at radius 2 is 2.16 bits per heavy atom. The number of halogens is 2. The number of aromatic nitrogens is 3. The lowest BCUT2D eigenvalue weighted by atomic mass is 10.3. The topological polar surface area (TPSA) is 39.9 Å². The lowest BCUT2D eigenvalue weighted by Gasteiger charge is -2.15. The first-order valence-corrected chi connectivity index (χ1v) is 10.9. The molecule has 2 aromatic rings. The third-order valence-corrected chi connectivity index (χ3v) is 5.22. The number of rotatable bonds is 5. The van der Waals surface area contributed by atoms with Gasteiger partial charge in [-0.1, -0.05) is 19.6 Å². The number of hydrogen-bond donors (Lipinski definition) is 0. The van der Waals surface area contributed by atoms with Crippen LogP contribution >= 0.6 is 22.6 Å². The van der Waals surface area contributed by atoms with Gasteiger partial charge in [0.1, 0.15) is 16.2 Å². The lowest BCUT2D eigenvalue weighted by Crippen LogP contribution is -2.22. The quantitative estimate of drug-likeness (QED) is 0.444. The van der Waals surface area contributed by atoms with Crippen LogP contribution in [0.25, 0.3) is 11.0 Å². The van der Waals surface area contributed by atoms with E-state index in [1.54, 1.807) is 4.68 Å². The van der Waals surface area contributed by atoms with Crippen molar-refractivity contribution in [2.24, 2.45) is 0 Å². The minimum atomic E-state index is -1.07. The highest BCUT2D eigenvalue weighted by molar-refractivity contribution is 14.1. The molecule has 0 saturated heterocycles. The fourth-order valence-electron chi connectivity index (χ4n) is 1.62. The molecule has 0 aliphatic rings. The van der Waals surface area contributed by atoms with Crippen molar-refractivity contribution in [2.75, 3.05) is 6.61 Å². The Balaban J connectivity index is 2.05.